The highest BCUT2D eigenvalue weighted by Crippen LogP contribution is 2.05. The molecule has 1 rings (SSSR count). The molecule has 0 spiro atoms. The molecule has 0 heteroatoms. The highest BCUT2D eigenvalue weighted by Gasteiger charge is 1.85. The second-order valence-electron chi connectivity index (χ2n) is 3.85. The fraction of sp³-hybridized carbons (Fsp3) is 0.571. The Bertz CT molecular complexity index is 174. The van der Waals surface area contributed by atoms with Crippen molar-refractivity contribution in [3.05, 3.63) is 36.5 Å². The lowest BCUT2D eigenvalue weighted by Gasteiger charge is -1.95. The van der Waals surface area contributed by atoms with Gasteiger partial charge in [-0.2, -0.15) is 0 Å². The Morgan fingerprint density at radius 1 is 0.357 bits per heavy atom. The van der Waals surface area contributed by atoms with Gasteiger partial charge in [-0.05, 0) is 51.4 Å². The number of allylic oxidation sites excluding steroid dienone is 6. The van der Waals surface area contributed by atoms with Gasteiger partial charge in [0.1, 0.15) is 0 Å². The molecule has 14 heavy (non-hydrogen) atoms. The van der Waals surface area contributed by atoms with Crippen LogP contribution in [0.25, 0.3) is 0 Å². The third-order valence-corrected chi connectivity index (χ3v) is 2.49. The zero-order valence-corrected chi connectivity index (χ0v) is 9.12. The van der Waals surface area contributed by atoms with Crippen molar-refractivity contribution in [3.8, 4) is 0 Å². The molecule has 0 saturated heterocycles. The van der Waals surface area contributed by atoms with E-state index in [0.717, 1.165) is 0 Å². The first-order valence-corrected chi connectivity index (χ1v) is 5.95. The second-order valence-corrected chi connectivity index (χ2v) is 3.85. The fourth-order valence-corrected chi connectivity index (χ4v) is 1.62. The lowest BCUT2D eigenvalue weighted by atomic mass is 10.1. The summed E-state index contributed by atoms with van der Waals surface area (Å²) in [4.78, 5) is 0. The quantitative estimate of drug-likeness (QED) is 0.482. The molecule has 0 fully saturated rings. The van der Waals surface area contributed by atoms with Gasteiger partial charge < -0.3 is 0 Å². The minimum absolute atomic E-state index is 1.21. The van der Waals surface area contributed by atoms with Crippen LogP contribution in [0.15, 0.2) is 36.5 Å². The predicted octanol–water partition coefficient (Wildman–Crippen LogP) is 4.79. The molecule has 0 bridgehead atoms. The predicted molar refractivity (Wildman–Crippen MR) is 64.4 cm³/mol. The highest BCUT2D eigenvalue weighted by atomic mass is 13.9. The third kappa shape index (κ3) is 6.71. The average Bonchev–Trinajstić information content (AvgIpc) is 2.22. The molecule has 0 atom stereocenters. The number of hydrogen-bond donors (Lipinski definition) is 0. The van der Waals surface area contributed by atoms with Crippen LogP contribution in [0.5, 0.6) is 0 Å². The molecular weight excluding hydrogens is 168 g/mol. The van der Waals surface area contributed by atoms with E-state index in [4.69, 9.17) is 0 Å². The van der Waals surface area contributed by atoms with Crippen molar-refractivity contribution in [1.29, 1.82) is 0 Å². The Morgan fingerprint density at radius 3 is 1.00 bits per heavy atom. The van der Waals surface area contributed by atoms with Crippen LogP contribution in [0.1, 0.15) is 51.4 Å². The fourth-order valence-electron chi connectivity index (χ4n) is 1.62. The van der Waals surface area contributed by atoms with E-state index >= 15 is 0 Å². The van der Waals surface area contributed by atoms with Crippen LogP contribution >= 0.6 is 0 Å². The van der Waals surface area contributed by atoms with Crippen LogP contribution in [0, 0.1) is 0 Å². The summed E-state index contributed by atoms with van der Waals surface area (Å²) in [6.07, 6.45) is 24.0. The normalized spacial score (nSPS) is 27.4. The summed E-state index contributed by atoms with van der Waals surface area (Å²) in [5.74, 6) is 0. The largest absolute Gasteiger partial charge is 0.0885 e. The van der Waals surface area contributed by atoms with Gasteiger partial charge in [0.15, 0.2) is 0 Å². The standard InChI is InChI=1S/C14H22/c1-2-4-6-8-10-12-14-13-11-9-7-5-3-1/h1-2,7-10H,3-6,11-14H2/b2-1-,9-7-,10-8-. The van der Waals surface area contributed by atoms with Crippen LogP contribution < -0.4 is 0 Å². The molecule has 0 heterocycles. The van der Waals surface area contributed by atoms with E-state index in [1.165, 1.54) is 51.4 Å². The third-order valence-electron chi connectivity index (χ3n) is 2.49. The van der Waals surface area contributed by atoms with Gasteiger partial charge in [-0.15, -0.1) is 0 Å². The summed E-state index contributed by atoms with van der Waals surface area (Å²) < 4.78 is 0. The lowest BCUT2D eigenvalue weighted by molar-refractivity contribution is 0.758. The van der Waals surface area contributed by atoms with Crippen molar-refractivity contribution >= 4 is 0 Å². The molecular formula is C14H22. The summed E-state index contributed by atoms with van der Waals surface area (Å²) in [6.45, 7) is 0. The van der Waals surface area contributed by atoms with Gasteiger partial charge in [0.05, 0.1) is 0 Å². The maximum absolute atomic E-state index is 2.34. The van der Waals surface area contributed by atoms with Crippen molar-refractivity contribution in [3.63, 3.8) is 0 Å². The molecule has 0 saturated carbocycles. The van der Waals surface area contributed by atoms with Gasteiger partial charge in [0.2, 0.25) is 0 Å². The molecule has 0 amide bonds. The van der Waals surface area contributed by atoms with Crippen molar-refractivity contribution in [1.82, 2.24) is 0 Å². The molecule has 1 aliphatic rings. The van der Waals surface area contributed by atoms with Crippen LogP contribution in [-0.2, 0) is 0 Å². The number of hydrogen-bond acceptors (Lipinski definition) is 0. The first-order chi connectivity index (χ1) is 7.00. The molecule has 0 aromatic rings. The zero-order chi connectivity index (χ0) is 9.90. The Hall–Kier alpha value is -0.780. The van der Waals surface area contributed by atoms with Crippen LogP contribution in [-0.4, -0.2) is 0 Å². The summed E-state index contributed by atoms with van der Waals surface area (Å²) in [6, 6.07) is 0. The van der Waals surface area contributed by atoms with Gasteiger partial charge in [-0.1, -0.05) is 36.5 Å². The van der Waals surface area contributed by atoms with E-state index in [9.17, 15) is 0 Å². The Kier molecular flexibility index (Phi) is 7.10. The SMILES string of the molecule is C1=C\CC/C=C\CCCC/C=C\CC/1. The minimum Gasteiger partial charge on any atom is -0.0885 e. The molecule has 0 aliphatic heterocycles. The molecule has 78 valence electrons. The monoisotopic (exact) mass is 190 g/mol. The molecule has 0 aromatic heterocycles. The Balaban J connectivity index is 2.25. The topological polar surface area (TPSA) is 0 Å². The van der Waals surface area contributed by atoms with E-state index in [1.807, 2.05) is 0 Å². The molecule has 0 radical (unpaired) electrons. The first-order valence-electron chi connectivity index (χ1n) is 5.95. The van der Waals surface area contributed by atoms with Crippen molar-refractivity contribution in [2.24, 2.45) is 0 Å². The van der Waals surface area contributed by atoms with Crippen molar-refractivity contribution in [2.45, 2.75) is 51.4 Å². The van der Waals surface area contributed by atoms with Gasteiger partial charge in [0, 0.05) is 0 Å². The summed E-state index contributed by atoms with van der Waals surface area (Å²) >= 11 is 0. The summed E-state index contributed by atoms with van der Waals surface area (Å²) in [5, 5.41) is 0. The molecule has 0 N–H and O–H groups in total. The average molecular weight is 190 g/mol. The van der Waals surface area contributed by atoms with Gasteiger partial charge >= 0.3 is 0 Å². The van der Waals surface area contributed by atoms with E-state index < -0.39 is 0 Å². The molecule has 0 nitrogen and oxygen atoms in total. The van der Waals surface area contributed by atoms with E-state index in [-0.39, 0.29) is 0 Å². The zero-order valence-electron chi connectivity index (χ0n) is 9.12. The van der Waals surface area contributed by atoms with Crippen LogP contribution in [0.2, 0.25) is 0 Å². The molecule has 0 unspecified atom stereocenters. The Morgan fingerprint density at radius 2 is 0.643 bits per heavy atom. The lowest BCUT2D eigenvalue weighted by Crippen LogP contribution is -1.75. The van der Waals surface area contributed by atoms with E-state index in [0.29, 0.717) is 0 Å². The smallest absolute Gasteiger partial charge is 0.0316 e. The molecule has 0 aromatic carbocycles. The number of rotatable bonds is 0. The maximum Gasteiger partial charge on any atom is -0.0316 e. The minimum atomic E-state index is 1.21. The second kappa shape index (κ2) is 8.80. The Labute approximate surface area is 88.4 Å². The highest BCUT2D eigenvalue weighted by molar-refractivity contribution is 4.91. The summed E-state index contributed by atoms with van der Waals surface area (Å²) in [7, 11) is 0. The van der Waals surface area contributed by atoms with E-state index in [2.05, 4.69) is 36.5 Å². The van der Waals surface area contributed by atoms with Gasteiger partial charge in [0.25, 0.3) is 0 Å². The van der Waals surface area contributed by atoms with E-state index in [1.54, 1.807) is 0 Å². The van der Waals surface area contributed by atoms with Gasteiger partial charge in [-0.25, -0.2) is 0 Å². The van der Waals surface area contributed by atoms with Crippen LogP contribution in [0.3, 0.4) is 0 Å². The van der Waals surface area contributed by atoms with Crippen molar-refractivity contribution in [2.75, 3.05) is 0 Å². The maximum atomic E-state index is 2.34. The van der Waals surface area contributed by atoms with Gasteiger partial charge in [-0.3, -0.25) is 0 Å². The van der Waals surface area contributed by atoms with Crippen LogP contribution in [0.4, 0.5) is 0 Å². The molecule has 1 aliphatic carbocycles. The first kappa shape index (κ1) is 11.3. The summed E-state index contributed by atoms with van der Waals surface area (Å²) in [5.41, 5.74) is 0. The van der Waals surface area contributed by atoms with Crippen molar-refractivity contribution < 1.29 is 0 Å².